The molecular formula is C18H21IN4O5. The van der Waals surface area contributed by atoms with Crippen LogP contribution in [0.3, 0.4) is 0 Å². The molecule has 0 radical (unpaired) electrons. The summed E-state index contributed by atoms with van der Waals surface area (Å²) < 4.78 is 12.2. The van der Waals surface area contributed by atoms with E-state index in [1.165, 1.54) is 6.20 Å². The Kier molecular flexibility index (Phi) is 7.38. The first-order chi connectivity index (χ1) is 13.2. The number of benzene rings is 1. The maximum absolute atomic E-state index is 11.7. The van der Waals surface area contributed by atoms with E-state index in [-0.39, 0.29) is 36.3 Å². The first-order valence-electron chi connectivity index (χ1n) is 8.40. The molecule has 1 amide bonds. The van der Waals surface area contributed by atoms with Crippen molar-refractivity contribution in [3.8, 4) is 17.2 Å². The van der Waals surface area contributed by atoms with E-state index in [0.717, 1.165) is 14.9 Å². The Bertz CT molecular complexity index is 889. The molecule has 10 heteroatoms. The van der Waals surface area contributed by atoms with Crippen LogP contribution < -0.4 is 20.5 Å². The Labute approximate surface area is 175 Å². The lowest BCUT2D eigenvalue weighted by Crippen LogP contribution is -2.15. The predicted molar refractivity (Wildman–Crippen MR) is 112 cm³/mol. The minimum Gasteiger partial charge on any atom is -0.496 e. The van der Waals surface area contributed by atoms with Crippen LogP contribution >= 0.6 is 22.6 Å². The first kappa shape index (κ1) is 21.7. The van der Waals surface area contributed by atoms with Gasteiger partial charge in [-0.15, -0.1) is 0 Å². The third-order valence-electron chi connectivity index (χ3n) is 3.73. The van der Waals surface area contributed by atoms with Crippen LogP contribution in [0.15, 0.2) is 18.3 Å². The molecule has 0 aliphatic heterocycles. The summed E-state index contributed by atoms with van der Waals surface area (Å²) in [4.78, 5) is 30.2. The van der Waals surface area contributed by atoms with Crippen LogP contribution in [0.25, 0.3) is 0 Å². The zero-order chi connectivity index (χ0) is 20.8. The molecule has 2 rings (SSSR count). The van der Waals surface area contributed by atoms with Crippen LogP contribution in [-0.4, -0.2) is 34.1 Å². The minimum atomic E-state index is -1.06. The standard InChI is InChI=1S/C18H21IN4O5/c1-9(2)10-6-13(27-3)11(19)7-12(10)28-14-8-21-18(23-17(14)20)22-15(24)4-5-16(25)26/h6-9H,4-5H2,1-3H3,(H,25,26)(H3,20,21,22,23,24). The van der Waals surface area contributed by atoms with E-state index in [1.54, 1.807) is 7.11 Å². The summed E-state index contributed by atoms with van der Waals surface area (Å²) in [5, 5.41) is 11.0. The number of nitrogens with two attached hydrogens (primary N) is 1. The first-order valence-corrected chi connectivity index (χ1v) is 9.48. The zero-order valence-corrected chi connectivity index (χ0v) is 17.8. The van der Waals surface area contributed by atoms with Crippen molar-refractivity contribution >= 4 is 46.2 Å². The molecule has 9 nitrogen and oxygen atoms in total. The van der Waals surface area contributed by atoms with Gasteiger partial charge in [-0.2, -0.15) is 4.98 Å². The van der Waals surface area contributed by atoms with Crippen LogP contribution in [0, 0.1) is 3.57 Å². The number of carboxylic acids is 1. The third-order valence-corrected chi connectivity index (χ3v) is 4.57. The van der Waals surface area contributed by atoms with Crippen molar-refractivity contribution in [3.05, 3.63) is 27.5 Å². The van der Waals surface area contributed by atoms with Gasteiger partial charge in [0.15, 0.2) is 11.6 Å². The molecule has 1 aromatic heterocycles. The van der Waals surface area contributed by atoms with Crippen molar-refractivity contribution in [2.45, 2.75) is 32.6 Å². The van der Waals surface area contributed by atoms with Gasteiger partial charge in [0.05, 0.1) is 23.3 Å². The molecular weight excluding hydrogens is 479 g/mol. The highest BCUT2D eigenvalue weighted by Gasteiger charge is 2.16. The summed E-state index contributed by atoms with van der Waals surface area (Å²) in [5.41, 5.74) is 6.87. The quantitative estimate of drug-likeness (QED) is 0.470. The summed E-state index contributed by atoms with van der Waals surface area (Å²) in [6, 6.07) is 3.76. The van der Waals surface area contributed by atoms with E-state index in [2.05, 4.69) is 37.9 Å². The number of nitrogens with one attached hydrogen (secondary N) is 1. The largest absolute Gasteiger partial charge is 0.496 e. The number of aliphatic carboxylic acids is 1. The summed E-state index contributed by atoms with van der Waals surface area (Å²) in [7, 11) is 1.61. The van der Waals surface area contributed by atoms with Crippen LogP contribution in [0.5, 0.6) is 17.2 Å². The number of halogens is 1. The lowest BCUT2D eigenvalue weighted by molar-refractivity contribution is -0.138. The monoisotopic (exact) mass is 500 g/mol. The second kappa shape index (κ2) is 9.53. The molecule has 0 saturated heterocycles. The fourth-order valence-corrected chi connectivity index (χ4v) is 2.95. The topological polar surface area (TPSA) is 137 Å². The summed E-state index contributed by atoms with van der Waals surface area (Å²) in [5.74, 6) is 0.227. The highest BCUT2D eigenvalue weighted by molar-refractivity contribution is 14.1. The maximum Gasteiger partial charge on any atom is 0.303 e. The highest BCUT2D eigenvalue weighted by atomic mass is 127. The summed E-state index contributed by atoms with van der Waals surface area (Å²) in [6.07, 6.45) is 0.895. The van der Waals surface area contributed by atoms with Gasteiger partial charge < -0.3 is 20.3 Å². The van der Waals surface area contributed by atoms with E-state index in [0.29, 0.717) is 5.75 Å². The Morgan fingerprint density at radius 2 is 1.96 bits per heavy atom. The molecule has 4 N–H and O–H groups in total. The molecule has 2 aromatic rings. The molecule has 0 aliphatic carbocycles. The second-order valence-corrected chi connectivity index (χ2v) is 7.33. The average molecular weight is 500 g/mol. The molecule has 0 unspecified atom stereocenters. The number of carbonyl (C=O) groups is 2. The van der Waals surface area contributed by atoms with E-state index in [9.17, 15) is 9.59 Å². The zero-order valence-electron chi connectivity index (χ0n) is 15.7. The van der Waals surface area contributed by atoms with Crippen molar-refractivity contribution < 1.29 is 24.2 Å². The number of hydrogen-bond donors (Lipinski definition) is 3. The molecule has 1 heterocycles. The molecule has 0 bridgehead atoms. The molecule has 1 aromatic carbocycles. The number of nitrogens with zero attached hydrogens (tertiary/aromatic N) is 2. The normalized spacial score (nSPS) is 10.6. The van der Waals surface area contributed by atoms with Gasteiger partial charge in [0, 0.05) is 12.0 Å². The SMILES string of the molecule is COc1cc(C(C)C)c(Oc2cnc(NC(=O)CCC(=O)O)nc2N)cc1I. The average Bonchev–Trinajstić information content (AvgIpc) is 2.62. The number of aromatic nitrogens is 2. The Morgan fingerprint density at radius 1 is 1.25 bits per heavy atom. The van der Waals surface area contributed by atoms with Crippen LogP contribution in [0.4, 0.5) is 11.8 Å². The van der Waals surface area contributed by atoms with Crippen molar-refractivity contribution in [2.24, 2.45) is 0 Å². The lowest BCUT2D eigenvalue weighted by Gasteiger charge is -2.17. The van der Waals surface area contributed by atoms with Gasteiger partial charge >= 0.3 is 5.97 Å². The molecule has 0 atom stereocenters. The number of ether oxygens (including phenoxy) is 2. The third kappa shape index (κ3) is 5.68. The smallest absolute Gasteiger partial charge is 0.303 e. The predicted octanol–water partition coefficient (Wildman–Crippen LogP) is 3.39. The number of amides is 1. The Balaban J connectivity index is 2.20. The molecule has 150 valence electrons. The number of carbonyl (C=O) groups excluding carboxylic acids is 1. The Hall–Kier alpha value is -2.63. The van der Waals surface area contributed by atoms with Crippen molar-refractivity contribution in [2.75, 3.05) is 18.2 Å². The van der Waals surface area contributed by atoms with E-state index in [1.807, 2.05) is 26.0 Å². The van der Waals surface area contributed by atoms with Crippen molar-refractivity contribution in [3.63, 3.8) is 0 Å². The van der Waals surface area contributed by atoms with Gasteiger partial charge in [-0.1, -0.05) is 13.8 Å². The summed E-state index contributed by atoms with van der Waals surface area (Å²) in [6.45, 7) is 4.06. The molecule has 0 spiro atoms. The van der Waals surface area contributed by atoms with Gasteiger partial charge in [0.25, 0.3) is 0 Å². The van der Waals surface area contributed by atoms with Crippen LogP contribution in [0.1, 0.15) is 38.2 Å². The van der Waals surface area contributed by atoms with Crippen molar-refractivity contribution in [1.82, 2.24) is 9.97 Å². The molecule has 0 saturated carbocycles. The number of anilines is 2. The number of methoxy groups -OCH3 is 1. The van der Waals surface area contributed by atoms with Gasteiger partial charge in [0.1, 0.15) is 11.5 Å². The van der Waals surface area contributed by atoms with E-state index >= 15 is 0 Å². The van der Waals surface area contributed by atoms with E-state index < -0.39 is 11.9 Å². The Morgan fingerprint density at radius 3 is 2.54 bits per heavy atom. The van der Waals surface area contributed by atoms with Crippen molar-refractivity contribution in [1.29, 1.82) is 0 Å². The molecule has 0 fully saturated rings. The van der Waals surface area contributed by atoms with Gasteiger partial charge in [-0.3, -0.25) is 14.9 Å². The molecule has 0 aliphatic rings. The molecule has 28 heavy (non-hydrogen) atoms. The fraction of sp³-hybridized carbons (Fsp3) is 0.333. The fourth-order valence-electron chi connectivity index (χ4n) is 2.30. The van der Waals surface area contributed by atoms with Crippen LogP contribution in [0.2, 0.25) is 0 Å². The van der Waals surface area contributed by atoms with Crippen LogP contribution in [-0.2, 0) is 9.59 Å². The van der Waals surface area contributed by atoms with Gasteiger partial charge in [0.2, 0.25) is 11.9 Å². The number of nitrogen functional groups attached to an aromatic ring is 1. The van der Waals surface area contributed by atoms with Gasteiger partial charge in [-0.05, 0) is 40.6 Å². The second-order valence-electron chi connectivity index (χ2n) is 6.17. The van der Waals surface area contributed by atoms with E-state index in [4.69, 9.17) is 20.3 Å². The lowest BCUT2D eigenvalue weighted by atomic mass is 10.0. The number of rotatable bonds is 8. The summed E-state index contributed by atoms with van der Waals surface area (Å²) >= 11 is 2.15. The highest BCUT2D eigenvalue weighted by Crippen LogP contribution is 2.37. The maximum atomic E-state index is 11.7. The number of carboxylic acid groups (broad SMARTS) is 1. The van der Waals surface area contributed by atoms with Gasteiger partial charge in [-0.25, -0.2) is 4.98 Å². The minimum absolute atomic E-state index is 0.0198. The number of hydrogen-bond acceptors (Lipinski definition) is 7.